The molecule has 0 N–H and O–H groups in total. The summed E-state index contributed by atoms with van der Waals surface area (Å²) in [6.07, 6.45) is 0.510. The van der Waals surface area contributed by atoms with Crippen molar-refractivity contribution in [1.82, 2.24) is 19.6 Å². The van der Waals surface area contributed by atoms with E-state index < -0.39 is 9.84 Å². The third-order valence-corrected chi connectivity index (χ3v) is 7.58. The highest BCUT2D eigenvalue weighted by molar-refractivity contribution is 7.91. The zero-order valence-electron chi connectivity index (χ0n) is 18.3. The quantitative estimate of drug-likeness (QED) is 0.641. The number of nitrogens with zero attached hydrogens (tertiary/aromatic N) is 4. The maximum atomic E-state index is 13.3. The third-order valence-electron chi connectivity index (χ3n) is 5.83. The van der Waals surface area contributed by atoms with E-state index in [9.17, 15) is 13.2 Å². The summed E-state index contributed by atoms with van der Waals surface area (Å²) in [4.78, 5) is 17.4. The number of sulfone groups is 1. The van der Waals surface area contributed by atoms with Crippen molar-refractivity contribution in [3.05, 3.63) is 47.3 Å². The topological polar surface area (TPSA) is 75.5 Å². The lowest BCUT2D eigenvalue weighted by atomic mass is 10.1. The summed E-state index contributed by atoms with van der Waals surface area (Å²) < 4.78 is 25.9. The van der Waals surface area contributed by atoms with Crippen LogP contribution in [0.15, 0.2) is 30.3 Å². The number of aryl methyl sites for hydroxylation is 2. The van der Waals surface area contributed by atoms with Gasteiger partial charge in [-0.15, -0.1) is 0 Å². The molecule has 0 saturated carbocycles. The van der Waals surface area contributed by atoms with Gasteiger partial charge >= 0.3 is 0 Å². The van der Waals surface area contributed by atoms with Gasteiger partial charge in [0, 0.05) is 30.4 Å². The Morgan fingerprint density at radius 3 is 2.30 bits per heavy atom. The summed E-state index contributed by atoms with van der Waals surface area (Å²) in [5, 5.41) is 4.49. The van der Waals surface area contributed by atoms with Crippen molar-refractivity contribution in [2.24, 2.45) is 0 Å². The van der Waals surface area contributed by atoms with Gasteiger partial charge in [0.2, 0.25) is 0 Å². The first kappa shape index (κ1) is 22.5. The van der Waals surface area contributed by atoms with Crippen LogP contribution in [0.1, 0.15) is 42.0 Å². The van der Waals surface area contributed by atoms with Gasteiger partial charge in [0.25, 0.3) is 5.91 Å². The highest BCUT2D eigenvalue weighted by Crippen LogP contribution is 2.21. The summed E-state index contributed by atoms with van der Waals surface area (Å²) in [6, 6.07) is 9.15. The Morgan fingerprint density at radius 1 is 1.13 bits per heavy atom. The van der Waals surface area contributed by atoms with E-state index in [0.717, 1.165) is 36.7 Å². The lowest BCUT2D eigenvalue weighted by molar-refractivity contribution is 0.0674. The van der Waals surface area contributed by atoms with Crippen LogP contribution in [0.25, 0.3) is 5.69 Å². The molecule has 1 saturated heterocycles. The van der Waals surface area contributed by atoms with Crippen LogP contribution in [0, 0.1) is 13.8 Å². The first-order valence-corrected chi connectivity index (χ1v) is 12.4. The molecule has 0 aliphatic carbocycles. The monoisotopic (exact) mass is 432 g/mol. The molecule has 1 aromatic heterocycles. The SMILES string of the molecule is CCN(CC)CCN(C(=O)c1ccc(-n2nc(C)cc2C)cc1)C1CCS(=O)(=O)C1. The minimum Gasteiger partial charge on any atom is -0.333 e. The maximum absolute atomic E-state index is 13.3. The normalized spacial score (nSPS) is 18.1. The molecule has 7 nitrogen and oxygen atoms in total. The summed E-state index contributed by atoms with van der Waals surface area (Å²) in [7, 11) is -3.07. The second kappa shape index (κ2) is 9.31. The van der Waals surface area contributed by atoms with Crippen LogP contribution in [0.5, 0.6) is 0 Å². The molecular weight excluding hydrogens is 400 g/mol. The van der Waals surface area contributed by atoms with E-state index in [0.29, 0.717) is 18.5 Å². The molecule has 8 heteroatoms. The first-order chi connectivity index (χ1) is 14.2. The van der Waals surface area contributed by atoms with E-state index in [2.05, 4.69) is 23.8 Å². The Labute approximate surface area is 179 Å². The molecule has 1 aliphatic rings. The maximum Gasteiger partial charge on any atom is 0.254 e. The minimum atomic E-state index is -3.07. The molecule has 1 fully saturated rings. The minimum absolute atomic E-state index is 0.0564. The molecule has 3 rings (SSSR count). The molecule has 1 unspecified atom stereocenters. The molecule has 30 heavy (non-hydrogen) atoms. The molecule has 1 amide bonds. The summed E-state index contributed by atoms with van der Waals surface area (Å²) >= 11 is 0. The van der Waals surface area contributed by atoms with E-state index in [1.165, 1.54) is 0 Å². The Kier molecular flexibility index (Phi) is 6.98. The van der Waals surface area contributed by atoms with Crippen LogP contribution in [0.2, 0.25) is 0 Å². The van der Waals surface area contributed by atoms with Crippen molar-refractivity contribution < 1.29 is 13.2 Å². The molecule has 2 heterocycles. The molecular formula is C22H32N4O3S. The molecule has 1 aliphatic heterocycles. The molecule has 0 bridgehead atoms. The molecule has 1 atom stereocenters. The number of hydrogen-bond acceptors (Lipinski definition) is 5. The van der Waals surface area contributed by atoms with Crippen LogP contribution in [-0.4, -0.2) is 77.6 Å². The summed E-state index contributed by atoms with van der Waals surface area (Å²) in [5.74, 6) is 0.105. The highest BCUT2D eigenvalue weighted by Gasteiger charge is 2.35. The second-order valence-corrected chi connectivity index (χ2v) is 10.2. The number of benzene rings is 1. The Morgan fingerprint density at radius 2 is 1.80 bits per heavy atom. The van der Waals surface area contributed by atoms with Gasteiger partial charge in [-0.05, 0) is 63.7 Å². The van der Waals surface area contributed by atoms with Crippen molar-refractivity contribution in [3.8, 4) is 5.69 Å². The standard InChI is InChI=1S/C22H32N4O3S/c1-5-24(6-2)12-13-25(21-11-14-30(28,29)16-21)22(27)19-7-9-20(10-8-19)26-18(4)15-17(3)23-26/h7-10,15,21H,5-6,11-14,16H2,1-4H3. The van der Waals surface area contributed by atoms with Gasteiger partial charge in [-0.25, -0.2) is 13.1 Å². The van der Waals surface area contributed by atoms with Crippen molar-refractivity contribution in [2.45, 2.75) is 40.2 Å². The summed E-state index contributed by atoms with van der Waals surface area (Å²) in [6.45, 7) is 11.2. The van der Waals surface area contributed by atoms with Gasteiger partial charge in [-0.1, -0.05) is 13.8 Å². The van der Waals surface area contributed by atoms with Gasteiger partial charge in [0.15, 0.2) is 9.84 Å². The smallest absolute Gasteiger partial charge is 0.254 e. The van der Waals surface area contributed by atoms with Crippen LogP contribution in [0.4, 0.5) is 0 Å². The Hall–Kier alpha value is -2.19. The van der Waals surface area contributed by atoms with Gasteiger partial charge in [-0.2, -0.15) is 5.10 Å². The van der Waals surface area contributed by atoms with Crippen molar-refractivity contribution in [3.63, 3.8) is 0 Å². The fourth-order valence-electron chi connectivity index (χ4n) is 4.06. The fourth-order valence-corrected chi connectivity index (χ4v) is 5.79. The van der Waals surface area contributed by atoms with Crippen LogP contribution in [0.3, 0.4) is 0 Å². The Bertz CT molecular complexity index is 978. The lowest BCUT2D eigenvalue weighted by Gasteiger charge is -2.31. The fraction of sp³-hybridized carbons (Fsp3) is 0.545. The van der Waals surface area contributed by atoms with Crippen LogP contribution in [-0.2, 0) is 9.84 Å². The molecule has 0 spiro atoms. The molecule has 2 aromatic rings. The van der Waals surface area contributed by atoms with Gasteiger partial charge in [0.1, 0.15) is 0 Å². The zero-order chi connectivity index (χ0) is 21.9. The number of carbonyl (C=O) groups is 1. The summed E-state index contributed by atoms with van der Waals surface area (Å²) in [5.41, 5.74) is 3.45. The van der Waals surface area contributed by atoms with E-state index >= 15 is 0 Å². The lowest BCUT2D eigenvalue weighted by Crippen LogP contribution is -2.45. The van der Waals surface area contributed by atoms with Crippen LogP contribution >= 0.6 is 0 Å². The zero-order valence-corrected chi connectivity index (χ0v) is 19.2. The molecule has 0 radical (unpaired) electrons. The predicted molar refractivity (Wildman–Crippen MR) is 119 cm³/mol. The van der Waals surface area contributed by atoms with Gasteiger partial charge in [-0.3, -0.25) is 4.79 Å². The number of carbonyl (C=O) groups excluding carboxylic acids is 1. The van der Waals surface area contributed by atoms with E-state index in [1.807, 2.05) is 48.9 Å². The van der Waals surface area contributed by atoms with Gasteiger partial charge in [0.05, 0.1) is 22.9 Å². The van der Waals surface area contributed by atoms with Crippen molar-refractivity contribution >= 4 is 15.7 Å². The number of hydrogen-bond donors (Lipinski definition) is 0. The third kappa shape index (κ3) is 5.10. The van der Waals surface area contributed by atoms with Crippen molar-refractivity contribution in [1.29, 1.82) is 0 Å². The number of rotatable bonds is 8. The number of likely N-dealkylation sites (N-methyl/N-ethyl adjacent to an activating group) is 1. The molecule has 164 valence electrons. The van der Waals surface area contributed by atoms with E-state index in [-0.39, 0.29) is 23.5 Å². The second-order valence-electron chi connectivity index (χ2n) is 7.97. The largest absolute Gasteiger partial charge is 0.333 e. The van der Waals surface area contributed by atoms with Gasteiger partial charge < -0.3 is 9.80 Å². The predicted octanol–water partition coefficient (Wildman–Crippen LogP) is 2.46. The highest BCUT2D eigenvalue weighted by atomic mass is 32.2. The number of aromatic nitrogens is 2. The average molecular weight is 433 g/mol. The van der Waals surface area contributed by atoms with Crippen LogP contribution < -0.4 is 0 Å². The average Bonchev–Trinajstić information content (AvgIpc) is 3.25. The molecule has 1 aromatic carbocycles. The first-order valence-electron chi connectivity index (χ1n) is 10.6. The number of amides is 1. The van der Waals surface area contributed by atoms with E-state index in [4.69, 9.17) is 0 Å². The van der Waals surface area contributed by atoms with E-state index in [1.54, 1.807) is 4.90 Å². The Balaban J connectivity index is 1.81. The van der Waals surface area contributed by atoms with Crippen molar-refractivity contribution in [2.75, 3.05) is 37.7 Å².